The molecule has 4 nitrogen and oxygen atoms in total. The third kappa shape index (κ3) is 2.61. The highest BCUT2D eigenvalue weighted by molar-refractivity contribution is 5.77. The molecular formula is C13H16FNO3. The van der Waals surface area contributed by atoms with Crippen molar-refractivity contribution >= 4 is 5.97 Å². The third-order valence-electron chi connectivity index (χ3n) is 3.06. The molecule has 1 heterocycles. The first-order valence-electron chi connectivity index (χ1n) is 5.88. The summed E-state index contributed by atoms with van der Waals surface area (Å²) in [6, 6.07) is 4.35. The van der Waals surface area contributed by atoms with Gasteiger partial charge in [-0.2, -0.15) is 0 Å². The second kappa shape index (κ2) is 5.35. The van der Waals surface area contributed by atoms with Gasteiger partial charge >= 0.3 is 5.97 Å². The molecule has 1 saturated heterocycles. The highest BCUT2D eigenvalue weighted by atomic mass is 19.1. The molecule has 1 aromatic rings. The van der Waals surface area contributed by atoms with E-state index >= 15 is 0 Å². The van der Waals surface area contributed by atoms with Crippen LogP contribution < -0.4 is 10.1 Å². The van der Waals surface area contributed by atoms with E-state index in [0.717, 1.165) is 5.56 Å². The Kier molecular flexibility index (Phi) is 3.81. The zero-order valence-corrected chi connectivity index (χ0v) is 10.4. The molecule has 0 spiro atoms. The zero-order valence-electron chi connectivity index (χ0n) is 10.4. The van der Waals surface area contributed by atoms with Crippen LogP contribution in [0, 0.1) is 5.82 Å². The summed E-state index contributed by atoms with van der Waals surface area (Å²) in [5, 5.41) is 3.13. The molecular weight excluding hydrogens is 237 g/mol. The minimum absolute atomic E-state index is 0.124. The molecule has 0 saturated carbocycles. The zero-order chi connectivity index (χ0) is 13.1. The van der Waals surface area contributed by atoms with Crippen molar-refractivity contribution in [1.29, 1.82) is 0 Å². The fraction of sp³-hybridized carbons (Fsp3) is 0.462. The fourth-order valence-electron chi connectivity index (χ4n) is 2.00. The Balaban J connectivity index is 2.06. The maximum absolute atomic E-state index is 13.6. The Hall–Kier alpha value is -1.62. The van der Waals surface area contributed by atoms with Crippen LogP contribution >= 0.6 is 0 Å². The van der Waals surface area contributed by atoms with Gasteiger partial charge in [0.1, 0.15) is 6.04 Å². The summed E-state index contributed by atoms with van der Waals surface area (Å²) in [7, 11) is 1.42. The first-order chi connectivity index (χ1) is 8.61. The van der Waals surface area contributed by atoms with Crippen molar-refractivity contribution in [3.05, 3.63) is 29.6 Å². The van der Waals surface area contributed by atoms with Crippen molar-refractivity contribution in [2.75, 3.05) is 13.7 Å². The minimum Gasteiger partial charge on any atom is -0.494 e. The number of nitrogens with one attached hydrogen (secondary N) is 1. The number of hydrogen-bond acceptors (Lipinski definition) is 4. The van der Waals surface area contributed by atoms with E-state index in [-0.39, 0.29) is 23.8 Å². The lowest BCUT2D eigenvalue weighted by molar-refractivity contribution is -0.139. The van der Waals surface area contributed by atoms with E-state index in [0.29, 0.717) is 13.0 Å². The first kappa shape index (κ1) is 12.8. The molecule has 5 heteroatoms. The van der Waals surface area contributed by atoms with Gasteiger partial charge in [0.2, 0.25) is 0 Å². The van der Waals surface area contributed by atoms with Gasteiger partial charge in [0.15, 0.2) is 11.6 Å². The maximum atomic E-state index is 13.6. The second-order valence-electron chi connectivity index (χ2n) is 4.29. The Bertz CT molecular complexity index is 450. The van der Waals surface area contributed by atoms with Crippen molar-refractivity contribution < 1.29 is 18.7 Å². The summed E-state index contributed by atoms with van der Waals surface area (Å²) in [6.07, 6.45) is 0.655. The quantitative estimate of drug-likeness (QED) is 0.831. The summed E-state index contributed by atoms with van der Waals surface area (Å²) >= 11 is 0. The Morgan fingerprint density at radius 2 is 2.33 bits per heavy atom. The largest absolute Gasteiger partial charge is 0.494 e. The number of carbonyl (C=O) groups excluding carboxylic acids is 1. The molecule has 18 heavy (non-hydrogen) atoms. The average Bonchev–Trinajstić information content (AvgIpc) is 2.75. The average molecular weight is 253 g/mol. The number of hydrogen-bond donors (Lipinski definition) is 1. The Morgan fingerprint density at radius 3 is 2.89 bits per heavy atom. The van der Waals surface area contributed by atoms with Gasteiger partial charge in [0.25, 0.3) is 0 Å². The van der Waals surface area contributed by atoms with Gasteiger partial charge < -0.3 is 9.47 Å². The van der Waals surface area contributed by atoms with E-state index in [4.69, 9.17) is 9.47 Å². The molecule has 0 amide bonds. The number of cyclic esters (lactones) is 1. The predicted molar refractivity (Wildman–Crippen MR) is 63.9 cm³/mol. The molecule has 1 aromatic carbocycles. The second-order valence-corrected chi connectivity index (χ2v) is 4.29. The highest BCUT2D eigenvalue weighted by Crippen LogP contribution is 2.22. The fourth-order valence-corrected chi connectivity index (χ4v) is 2.00. The van der Waals surface area contributed by atoms with E-state index in [1.807, 2.05) is 6.92 Å². The van der Waals surface area contributed by atoms with E-state index < -0.39 is 5.82 Å². The van der Waals surface area contributed by atoms with Crippen LogP contribution in [0.15, 0.2) is 18.2 Å². The minimum atomic E-state index is -0.405. The van der Waals surface area contributed by atoms with E-state index in [9.17, 15) is 9.18 Å². The van der Waals surface area contributed by atoms with E-state index in [2.05, 4.69) is 5.32 Å². The predicted octanol–water partition coefficient (Wildman–Crippen LogP) is 1.80. The van der Waals surface area contributed by atoms with Crippen molar-refractivity contribution in [2.24, 2.45) is 0 Å². The van der Waals surface area contributed by atoms with Crippen LogP contribution in [0.4, 0.5) is 4.39 Å². The number of halogens is 1. The Morgan fingerprint density at radius 1 is 1.56 bits per heavy atom. The number of carbonyl (C=O) groups is 1. The van der Waals surface area contributed by atoms with Crippen molar-refractivity contribution in [2.45, 2.75) is 25.4 Å². The normalized spacial score (nSPS) is 20.6. The lowest BCUT2D eigenvalue weighted by Gasteiger charge is -2.17. The molecule has 98 valence electrons. The first-order valence-corrected chi connectivity index (χ1v) is 5.88. The molecule has 0 bridgehead atoms. The van der Waals surface area contributed by atoms with Crippen LogP contribution in [0.25, 0.3) is 0 Å². The van der Waals surface area contributed by atoms with Gasteiger partial charge in [-0.3, -0.25) is 10.1 Å². The molecule has 1 fully saturated rings. The molecule has 0 aromatic heterocycles. The summed E-state index contributed by atoms with van der Waals surface area (Å²) in [6.45, 7) is 2.33. The molecule has 2 atom stereocenters. The number of benzene rings is 1. The lowest BCUT2D eigenvalue weighted by atomic mass is 10.1. The van der Waals surface area contributed by atoms with Gasteiger partial charge in [-0.25, -0.2) is 4.39 Å². The van der Waals surface area contributed by atoms with E-state index in [1.54, 1.807) is 12.1 Å². The number of esters is 1. The van der Waals surface area contributed by atoms with Crippen molar-refractivity contribution in [1.82, 2.24) is 5.32 Å². The van der Waals surface area contributed by atoms with Crippen molar-refractivity contribution in [3.63, 3.8) is 0 Å². The molecule has 2 unspecified atom stereocenters. The SMILES string of the molecule is COc1ccc(C(C)NC2CCOC2=O)cc1F. The summed E-state index contributed by atoms with van der Waals surface area (Å²) in [5.74, 6) is -0.431. The molecule has 1 aliphatic heterocycles. The Labute approximate surface area is 105 Å². The maximum Gasteiger partial charge on any atom is 0.323 e. The van der Waals surface area contributed by atoms with Gasteiger partial charge in [0.05, 0.1) is 13.7 Å². The third-order valence-corrected chi connectivity index (χ3v) is 3.06. The smallest absolute Gasteiger partial charge is 0.323 e. The molecule has 0 aliphatic carbocycles. The molecule has 2 rings (SSSR count). The molecule has 1 N–H and O–H groups in total. The lowest BCUT2D eigenvalue weighted by Crippen LogP contribution is -2.35. The molecule has 0 radical (unpaired) electrons. The van der Waals surface area contributed by atoms with Gasteiger partial charge in [-0.1, -0.05) is 6.07 Å². The van der Waals surface area contributed by atoms with Crippen LogP contribution in [0.2, 0.25) is 0 Å². The summed E-state index contributed by atoms with van der Waals surface area (Å²) in [5.41, 5.74) is 0.771. The van der Waals surface area contributed by atoms with Crippen LogP contribution in [0.3, 0.4) is 0 Å². The summed E-state index contributed by atoms with van der Waals surface area (Å²) in [4.78, 5) is 11.3. The van der Waals surface area contributed by atoms with Crippen molar-refractivity contribution in [3.8, 4) is 5.75 Å². The van der Waals surface area contributed by atoms with Crippen LogP contribution in [0.1, 0.15) is 24.9 Å². The van der Waals surface area contributed by atoms with Gasteiger partial charge in [-0.15, -0.1) is 0 Å². The number of rotatable bonds is 4. The van der Waals surface area contributed by atoms with Crippen LogP contribution in [0.5, 0.6) is 5.75 Å². The van der Waals surface area contributed by atoms with Gasteiger partial charge in [-0.05, 0) is 24.6 Å². The summed E-state index contributed by atoms with van der Waals surface area (Å²) < 4.78 is 23.3. The molecule has 1 aliphatic rings. The van der Waals surface area contributed by atoms with Crippen LogP contribution in [-0.4, -0.2) is 25.7 Å². The highest BCUT2D eigenvalue weighted by Gasteiger charge is 2.27. The topological polar surface area (TPSA) is 47.6 Å². The number of methoxy groups -OCH3 is 1. The van der Waals surface area contributed by atoms with E-state index in [1.165, 1.54) is 13.2 Å². The standard InChI is InChI=1S/C13H16FNO3/c1-8(15-11-5-6-18-13(11)16)9-3-4-12(17-2)10(14)7-9/h3-4,7-8,11,15H,5-6H2,1-2H3. The number of ether oxygens (including phenoxy) is 2. The monoisotopic (exact) mass is 253 g/mol. The van der Waals surface area contributed by atoms with Crippen LogP contribution in [-0.2, 0) is 9.53 Å². The van der Waals surface area contributed by atoms with Gasteiger partial charge in [0, 0.05) is 12.5 Å².